The third kappa shape index (κ3) is 2.28. The highest BCUT2D eigenvalue weighted by atomic mass is 35.5. The van der Waals surface area contributed by atoms with Crippen molar-refractivity contribution in [3.63, 3.8) is 0 Å². The topological polar surface area (TPSA) is 59.3 Å². The number of anilines is 1. The van der Waals surface area contributed by atoms with E-state index in [-0.39, 0.29) is 5.91 Å². The minimum absolute atomic E-state index is 0.277. The molecule has 94 valence electrons. The third-order valence-electron chi connectivity index (χ3n) is 2.63. The Hall–Kier alpha value is -2.40. The molecule has 3 aromatic rings. The van der Waals surface area contributed by atoms with Gasteiger partial charge in [0.1, 0.15) is 0 Å². The van der Waals surface area contributed by atoms with Crippen LogP contribution in [0.5, 0.6) is 0 Å². The fourth-order valence-electron chi connectivity index (χ4n) is 1.73. The maximum Gasteiger partial charge on any atom is 0.258 e. The highest BCUT2D eigenvalue weighted by Crippen LogP contribution is 2.13. The van der Waals surface area contributed by atoms with E-state index in [4.69, 9.17) is 11.6 Å². The van der Waals surface area contributed by atoms with Crippen LogP contribution in [0.2, 0.25) is 5.02 Å². The van der Waals surface area contributed by atoms with E-state index in [1.54, 1.807) is 34.9 Å². The number of benzene rings is 1. The molecule has 0 saturated heterocycles. The second-order valence-electron chi connectivity index (χ2n) is 3.92. The van der Waals surface area contributed by atoms with E-state index in [0.717, 1.165) is 0 Å². The Kier molecular flexibility index (Phi) is 2.89. The van der Waals surface area contributed by atoms with Crippen molar-refractivity contribution < 1.29 is 4.79 Å². The fourth-order valence-corrected chi connectivity index (χ4v) is 1.92. The summed E-state index contributed by atoms with van der Waals surface area (Å²) in [5.74, 6) is 0.0984. The van der Waals surface area contributed by atoms with E-state index < -0.39 is 0 Å². The van der Waals surface area contributed by atoms with Crippen molar-refractivity contribution in [3.05, 3.63) is 59.2 Å². The van der Waals surface area contributed by atoms with E-state index >= 15 is 0 Å². The van der Waals surface area contributed by atoms with Crippen LogP contribution < -0.4 is 5.32 Å². The molecule has 19 heavy (non-hydrogen) atoms. The Morgan fingerprint density at radius 2 is 2.05 bits per heavy atom. The summed E-state index contributed by atoms with van der Waals surface area (Å²) in [6.07, 6.45) is 1.78. The van der Waals surface area contributed by atoms with Crippen molar-refractivity contribution in [3.8, 4) is 0 Å². The van der Waals surface area contributed by atoms with E-state index in [9.17, 15) is 4.79 Å². The standard InChI is InChI=1S/C13H9ClN4O/c14-10-5-3-4-9(8-10)12(19)15-13-17-16-11-6-1-2-7-18(11)13/h1-8H,(H,15,17,19). The molecule has 0 bridgehead atoms. The summed E-state index contributed by atoms with van der Waals surface area (Å²) < 4.78 is 1.70. The molecule has 0 atom stereocenters. The van der Waals surface area contributed by atoms with Crippen molar-refractivity contribution >= 4 is 29.1 Å². The first kappa shape index (κ1) is 11.7. The maximum atomic E-state index is 12.1. The summed E-state index contributed by atoms with van der Waals surface area (Å²) in [5.41, 5.74) is 1.14. The Labute approximate surface area is 113 Å². The molecule has 1 amide bonds. The van der Waals surface area contributed by atoms with E-state index in [1.807, 2.05) is 18.2 Å². The molecular formula is C13H9ClN4O. The number of hydrogen-bond acceptors (Lipinski definition) is 3. The molecule has 0 fully saturated rings. The molecular weight excluding hydrogens is 264 g/mol. The number of carbonyl (C=O) groups is 1. The van der Waals surface area contributed by atoms with Crippen LogP contribution in [0.4, 0.5) is 5.95 Å². The second-order valence-corrected chi connectivity index (χ2v) is 4.35. The van der Waals surface area contributed by atoms with Gasteiger partial charge < -0.3 is 0 Å². The molecule has 1 N–H and O–H groups in total. The summed E-state index contributed by atoms with van der Waals surface area (Å²) in [6, 6.07) is 12.2. The molecule has 0 radical (unpaired) electrons. The number of rotatable bonds is 2. The van der Waals surface area contributed by atoms with Gasteiger partial charge in [-0.1, -0.05) is 23.7 Å². The van der Waals surface area contributed by atoms with Gasteiger partial charge in [-0.2, -0.15) is 0 Å². The minimum atomic E-state index is -0.277. The predicted octanol–water partition coefficient (Wildman–Crippen LogP) is 2.64. The molecule has 3 rings (SSSR count). The molecule has 1 aromatic carbocycles. The highest BCUT2D eigenvalue weighted by molar-refractivity contribution is 6.31. The lowest BCUT2D eigenvalue weighted by Crippen LogP contribution is -2.14. The lowest BCUT2D eigenvalue weighted by molar-refractivity contribution is 0.102. The van der Waals surface area contributed by atoms with E-state index in [1.165, 1.54) is 0 Å². The molecule has 2 aromatic heterocycles. The van der Waals surface area contributed by atoms with Crippen LogP contribution in [0.3, 0.4) is 0 Å². The number of nitrogens with one attached hydrogen (secondary N) is 1. The van der Waals surface area contributed by atoms with Crippen LogP contribution in [-0.2, 0) is 0 Å². The van der Waals surface area contributed by atoms with Crippen LogP contribution in [-0.4, -0.2) is 20.5 Å². The lowest BCUT2D eigenvalue weighted by atomic mass is 10.2. The fraction of sp³-hybridized carbons (Fsp3) is 0. The van der Waals surface area contributed by atoms with Crippen LogP contribution in [0.1, 0.15) is 10.4 Å². The first-order valence-corrected chi connectivity index (χ1v) is 5.98. The molecule has 0 unspecified atom stereocenters. The number of hydrogen-bond donors (Lipinski definition) is 1. The van der Waals surface area contributed by atoms with Gasteiger partial charge in [-0.3, -0.25) is 14.5 Å². The van der Waals surface area contributed by atoms with Crippen LogP contribution in [0, 0.1) is 0 Å². The largest absolute Gasteiger partial charge is 0.290 e. The molecule has 0 aliphatic heterocycles. The van der Waals surface area contributed by atoms with Gasteiger partial charge in [0.15, 0.2) is 5.65 Å². The van der Waals surface area contributed by atoms with Crippen molar-refractivity contribution in [2.24, 2.45) is 0 Å². The molecule has 6 heteroatoms. The smallest absolute Gasteiger partial charge is 0.258 e. The molecule has 0 aliphatic carbocycles. The van der Waals surface area contributed by atoms with Crippen molar-refractivity contribution in [2.75, 3.05) is 5.32 Å². The van der Waals surface area contributed by atoms with Crippen LogP contribution in [0.25, 0.3) is 5.65 Å². The molecule has 0 saturated carbocycles. The number of carbonyl (C=O) groups excluding carboxylic acids is 1. The van der Waals surface area contributed by atoms with Gasteiger partial charge in [0.25, 0.3) is 5.91 Å². The first-order valence-electron chi connectivity index (χ1n) is 5.61. The zero-order valence-corrected chi connectivity index (χ0v) is 10.5. The summed E-state index contributed by atoms with van der Waals surface area (Å²) >= 11 is 5.85. The zero-order chi connectivity index (χ0) is 13.2. The van der Waals surface area contributed by atoms with Gasteiger partial charge in [0.2, 0.25) is 5.95 Å². The van der Waals surface area contributed by atoms with Crippen LogP contribution in [0.15, 0.2) is 48.7 Å². The van der Waals surface area contributed by atoms with Crippen LogP contribution >= 0.6 is 11.6 Å². The van der Waals surface area contributed by atoms with Gasteiger partial charge in [-0.25, -0.2) is 0 Å². The summed E-state index contributed by atoms with van der Waals surface area (Å²) in [7, 11) is 0. The number of fused-ring (bicyclic) bond motifs is 1. The Balaban J connectivity index is 1.91. The Bertz CT molecular complexity index is 753. The number of halogens is 1. The van der Waals surface area contributed by atoms with E-state index in [2.05, 4.69) is 15.5 Å². The molecule has 0 spiro atoms. The highest BCUT2D eigenvalue weighted by Gasteiger charge is 2.10. The van der Waals surface area contributed by atoms with Crippen molar-refractivity contribution in [2.45, 2.75) is 0 Å². The monoisotopic (exact) mass is 272 g/mol. The summed E-state index contributed by atoms with van der Waals surface area (Å²) in [6.45, 7) is 0. The normalized spacial score (nSPS) is 10.6. The number of nitrogens with zero attached hydrogens (tertiary/aromatic N) is 3. The van der Waals surface area contributed by atoms with Gasteiger partial charge >= 0.3 is 0 Å². The summed E-state index contributed by atoms with van der Waals surface area (Å²) in [5, 5.41) is 11.1. The van der Waals surface area contributed by atoms with Crippen molar-refractivity contribution in [1.82, 2.24) is 14.6 Å². The number of pyridine rings is 1. The number of aromatic nitrogens is 3. The van der Waals surface area contributed by atoms with Gasteiger partial charge in [0.05, 0.1) is 0 Å². The summed E-state index contributed by atoms with van der Waals surface area (Å²) in [4.78, 5) is 12.1. The third-order valence-corrected chi connectivity index (χ3v) is 2.86. The Morgan fingerprint density at radius 3 is 2.89 bits per heavy atom. The van der Waals surface area contributed by atoms with Gasteiger partial charge in [-0.05, 0) is 30.3 Å². The zero-order valence-electron chi connectivity index (χ0n) is 9.75. The first-order chi connectivity index (χ1) is 9.24. The Morgan fingerprint density at radius 1 is 1.16 bits per heavy atom. The average molecular weight is 273 g/mol. The second kappa shape index (κ2) is 4.70. The molecule has 2 heterocycles. The maximum absolute atomic E-state index is 12.1. The van der Waals surface area contributed by atoms with E-state index in [0.29, 0.717) is 22.2 Å². The molecule has 5 nitrogen and oxygen atoms in total. The van der Waals surface area contributed by atoms with Gasteiger partial charge in [-0.15, -0.1) is 10.2 Å². The number of amides is 1. The average Bonchev–Trinajstić information content (AvgIpc) is 2.82. The minimum Gasteiger partial charge on any atom is -0.290 e. The lowest BCUT2D eigenvalue weighted by Gasteiger charge is -2.03. The predicted molar refractivity (Wildman–Crippen MR) is 72.4 cm³/mol. The molecule has 0 aliphatic rings. The SMILES string of the molecule is O=C(Nc1nnc2ccccn12)c1cccc(Cl)c1. The van der Waals surface area contributed by atoms with Crippen molar-refractivity contribution in [1.29, 1.82) is 0 Å². The van der Waals surface area contributed by atoms with Gasteiger partial charge in [0, 0.05) is 16.8 Å². The quantitative estimate of drug-likeness (QED) is 0.780.